The van der Waals surface area contributed by atoms with Crippen LogP contribution in [0.1, 0.15) is 35.9 Å². The number of nitrogens with zero attached hydrogens (tertiary/aromatic N) is 3. The SMILES string of the molecule is CCOC(=O)C1=C(c2ccccc2)N=c2s/c(=C3/C(=O)N(CC)c4ccc(Br)cc43)c(=O)n2[C@@H]1c1cccs1. The van der Waals surface area contributed by atoms with Gasteiger partial charge in [0, 0.05) is 27.0 Å². The zero-order valence-electron chi connectivity index (χ0n) is 21.0. The van der Waals surface area contributed by atoms with Crippen LogP contribution in [0, 0.1) is 0 Å². The van der Waals surface area contributed by atoms with Gasteiger partial charge in [0.25, 0.3) is 11.5 Å². The standard InChI is InChI=1S/C29H22BrN3O4S2/c1-3-32-19-13-12-17(30)15-18(19)21(26(32)34)25-27(35)33-24(20-11-8-14-38-20)22(28(36)37-4-2)23(31-29(33)39-25)16-9-6-5-7-10-16/h5-15,24H,3-4H2,1-2H3/b25-21+/t24-/m1/s1. The number of ether oxygens (including phenoxy) is 1. The summed E-state index contributed by atoms with van der Waals surface area (Å²) in [6, 6.07) is 18.1. The van der Waals surface area contributed by atoms with Crippen molar-refractivity contribution in [2.45, 2.75) is 19.9 Å². The van der Waals surface area contributed by atoms with Crippen LogP contribution in [0.15, 0.2) is 85.9 Å². The highest BCUT2D eigenvalue weighted by molar-refractivity contribution is 9.10. The largest absolute Gasteiger partial charge is 0.463 e. The van der Waals surface area contributed by atoms with E-state index in [1.807, 2.05) is 73.0 Å². The van der Waals surface area contributed by atoms with E-state index in [-0.39, 0.29) is 18.1 Å². The van der Waals surface area contributed by atoms with E-state index in [4.69, 9.17) is 9.73 Å². The van der Waals surface area contributed by atoms with Gasteiger partial charge in [-0.3, -0.25) is 14.2 Å². The summed E-state index contributed by atoms with van der Waals surface area (Å²) in [4.78, 5) is 49.1. The van der Waals surface area contributed by atoms with Crippen molar-refractivity contribution in [3.05, 3.63) is 112 Å². The van der Waals surface area contributed by atoms with E-state index in [2.05, 4.69) is 15.9 Å². The normalized spacial score (nSPS) is 17.7. The van der Waals surface area contributed by atoms with Crippen LogP contribution in [0.4, 0.5) is 5.69 Å². The summed E-state index contributed by atoms with van der Waals surface area (Å²) < 4.78 is 8.14. The monoisotopic (exact) mass is 619 g/mol. The van der Waals surface area contributed by atoms with Crippen molar-refractivity contribution in [1.29, 1.82) is 0 Å². The number of esters is 1. The highest BCUT2D eigenvalue weighted by Crippen LogP contribution is 2.39. The second-order valence-corrected chi connectivity index (χ2v) is 11.7. The lowest BCUT2D eigenvalue weighted by atomic mass is 9.97. The van der Waals surface area contributed by atoms with Crippen LogP contribution in [0.3, 0.4) is 0 Å². The Bertz CT molecular complexity index is 1840. The number of halogens is 1. The summed E-state index contributed by atoms with van der Waals surface area (Å²) in [7, 11) is 0. The number of amides is 1. The lowest BCUT2D eigenvalue weighted by Gasteiger charge is -2.24. The number of thiophene rings is 1. The van der Waals surface area contributed by atoms with Gasteiger partial charge in [0.05, 0.1) is 29.1 Å². The molecule has 0 fully saturated rings. The molecule has 0 N–H and O–H groups in total. The average Bonchev–Trinajstić information content (AvgIpc) is 3.65. The first-order valence-electron chi connectivity index (χ1n) is 12.4. The molecule has 2 aromatic carbocycles. The zero-order valence-corrected chi connectivity index (χ0v) is 24.2. The maximum absolute atomic E-state index is 14.3. The molecule has 196 valence electrons. The van der Waals surface area contributed by atoms with Crippen molar-refractivity contribution in [1.82, 2.24) is 4.57 Å². The number of rotatable bonds is 5. The molecule has 10 heteroatoms. The summed E-state index contributed by atoms with van der Waals surface area (Å²) in [6.07, 6.45) is 0. The van der Waals surface area contributed by atoms with Crippen LogP contribution in [0.25, 0.3) is 11.3 Å². The second-order valence-electron chi connectivity index (χ2n) is 8.85. The third-order valence-electron chi connectivity index (χ3n) is 6.68. The molecule has 0 unspecified atom stereocenters. The van der Waals surface area contributed by atoms with Crippen molar-refractivity contribution in [2.75, 3.05) is 18.1 Å². The van der Waals surface area contributed by atoms with Gasteiger partial charge in [0.2, 0.25) is 0 Å². The number of carbonyl (C=O) groups excluding carboxylic acids is 2. The maximum Gasteiger partial charge on any atom is 0.338 e. The van der Waals surface area contributed by atoms with Crippen LogP contribution in [0.5, 0.6) is 0 Å². The van der Waals surface area contributed by atoms with Crippen LogP contribution in [-0.4, -0.2) is 29.6 Å². The maximum atomic E-state index is 14.3. The first-order valence-corrected chi connectivity index (χ1v) is 14.9. The van der Waals surface area contributed by atoms with E-state index < -0.39 is 12.0 Å². The topological polar surface area (TPSA) is 81.0 Å². The third-order valence-corrected chi connectivity index (χ3v) is 9.15. The smallest absolute Gasteiger partial charge is 0.338 e. The minimum Gasteiger partial charge on any atom is -0.463 e. The van der Waals surface area contributed by atoms with E-state index in [0.717, 1.165) is 20.6 Å². The van der Waals surface area contributed by atoms with Gasteiger partial charge < -0.3 is 9.64 Å². The molecule has 4 heterocycles. The third kappa shape index (κ3) is 4.14. The molecule has 6 rings (SSSR count). The molecule has 0 bridgehead atoms. The predicted octanol–water partition coefficient (Wildman–Crippen LogP) is 4.50. The second kappa shape index (κ2) is 10.2. The number of thiazole rings is 1. The minimum absolute atomic E-state index is 0.184. The van der Waals surface area contributed by atoms with Crippen molar-refractivity contribution < 1.29 is 14.3 Å². The Morgan fingerprint density at radius 2 is 1.87 bits per heavy atom. The Labute approximate surface area is 240 Å². The van der Waals surface area contributed by atoms with E-state index in [1.54, 1.807) is 11.8 Å². The highest BCUT2D eigenvalue weighted by atomic mass is 79.9. The van der Waals surface area contributed by atoms with E-state index in [0.29, 0.717) is 38.3 Å². The minimum atomic E-state index is -0.745. The van der Waals surface area contributed by atoms with Gasteiger partial charge in [-0.05, 0) is 43.5 Å². The van der Waals surface area contributed by atoms with Crippen molar-refractivity contribution >= 4 is 67.4 Å². The van der Waals surface area contributed by atoms with Crippen LogP contribution in [0.2, 0.25) is 0 Å². The van der Waals surface area contributed by atoms with Crippen LogP contribution in [-0.2, 0) is 14.3 Å². The van der Waals surface area contributed by atoms with Gasteiger partial charge in [-0.15, -0.1) is 11.3 Å². The average molecular weight is 621 g/mol. The molecule has 4 aromatic rings. The quantitative estimate of drug-likeness (QED) is 0.308. The summed E-state index contributed by atoms with van der Waals surface area (Å²) in [5.41, 5.74) is 2.95. The molecule has 2 aliphatic heterocycles. The van der Waals surface area contributed by atoms with Gasteiger partial charge in [0.1, 0.15) is 10.6 Å². The molecule has 1 amide bonds. The first-order chi connectivity index (χ1) is 18.9. The molecule has 0 radical (unpaired) electrons. The molecular formula is C29H22BrN3O4S2. The fourth-order valence-electron chi connectivity index (χ4n) is 5.04. The molecule has 0 aliphatic carbocycles. The number of carbonyl (C=O) groups is 2. The van der Waals surface area contributed by atoms with E-state index in [1.165, 1.54) is 27.2 Å². The van der Waals surface area contributed by atoms with Crippen LogP contribution >= 0.6 is 38.6 Å². The molecule has 7 nitrogen and oxygen atoms in total. The van der Waals surface area contributed by atoms with Gasteiger partial charge in [0.15, 0.2) is 4.80 Å². The number of fused-ring (bicyclic) bond motifs is 2. The molecule has 2 aliphatic rings. The summed E-state index contributed by atoms with van der Waals surface area (Å²) in [5.74, 6) is -0.753. The number of benzene rings is 2. The summed E-state index contributed by atoms with van der Waals surface area (Å²) >= 11 is 6.13. The number of hydrogen-bond acceptors (Lipinski definition) is 7. The van der Waals surface area contributed by atoms with Crippen LogP contribution < -0.4 is 19.8 Å². The first kappa shape index (κ1) is 25.7. The summed E-state index contributed by atoms with van der Waals surface area (Å²) in [5, 5.41) is 1.91. The number of hydrogen-bond donors (Lipinski definition) is 0. The fraction of sp³-hybridized carbons (Fsp3) is 0.172. The Morgan fingerprint density at radius 3 is 2.56 bits per heavy atom. The van der Waals surface area contributed by atoms with Crippen molar-refractivity contribution in [2.24, 2.45) is 4.99 Å². The molecule has 0 saturated carbocycles. The molecule has 2 aromatic heterocycles. The molecule has 0 spiro atoms. The number of anilines is 1. The number of aromatic nitrogens is 1. The highest BCUT2D eigenvalue weighted by Gasteiger charge is 2.38. The van der Waals surface area contributed by atoms with E-state index >= 15 is 0 Å². The molecule has 0 saturated heterocycles. The van der Waals surface area contributed by atoms with Gasteiger partial charge in [-0.2, -0.15) is 0 Å². The zero-order chi connectivity index (χ0) is 27.3. The Kier molecular flexibility index (Phi) is 6.70. The predicted molar refractivity (Wildman–Crippen MR) is 156 cm³/mol. The molecule has 1 atom stereocenters. The van der Waals surface area contributed by atoms with Crippen molar-refractivity contribution in [3.8, 4) is 0 Å². The molecular weight excluding hydrogens is 598 g/mol. The van der Waals surface area contributed by atoms with Gasteiger partial charge in [-0.25, -0.2) is 9.79 Å². The molecule has 39 heavy (non-hydrogen) atoms. The van der Waals surface area contributed by atoms with E-state index in [9.17, 15) is 14.4 Å². The Morgan fingerprint density at radius 1 is 1.08 bits per heavy atom. The van der Waals surface area contributed by atoms with Gasteiger partial charge in [-0.1, -0.05) is 63.7 Å². The lowest BCUT2D eigenvalue weighted by Crippen LogP contribution is -2.40. The Hall–Kier alpha value is -3.60. The fourth-order valence-corrected chi connectivity index (χ4v) is 7.32. The van der Waals surface area contributed by atoms with Crippen molar-refractivity contribution in [3.63, 3.8) is 0 Å². The lowest BCUT2D eigenvalue weighted by molar-refractivity contribution is -0.138. The summed E-state index contributed by atoms with van der Waals surface area (Å²) in [6.45, 7) is 4.31. The Balaban J connectivity index is 1.71. The number of likely N-dealkylation sites (N-methyl/N-ethyl adjacent to an activating group) is 1. The van der Waals surface area contributed by atoms with Gasteiger partial charge >= 0.3 is 5.97 Å².